The molecule has 21 heavy (non-hydrogen) atoms. The van der Waals surface area contributed by atoms with Crippen molar-refractivity contribution in [2.45, 2.75) is 6.92 Å². The van der Waals surface area contributed by atoms with Crippen LogP contribution in [0.3, 0.4) is 0 Å². The van der Waals surface area contributed by atoms with Crippen LogP contribution in [-0.4, -0.2) is 12.5 Å². The van der Waals surface area contributed by atoms with Gasteiger partial charge < -0.3 is 10.1 Å². The van der Waals surface area contributed by atoms with Gasteiger partial charge in [0, 0.05) is 16.2 Å². The number of hydrogen-bond donors (Lipinski definition) is 1. The molecule has 0 atom stereocenters. The molecule has 110 valence electrons. The molecule has 0 spiro atoms. The fourth-order valence-electron chi connectivity index (χ4n) is 1.58. The van der Waals surface area contributed by atoms with Crippen molar-refractivity contribution < 1.29 is 18.3 Å². The molecule has 0 aliphatic carbocycles. The number of halogens is 3. The van der Waals surface area contributed by atoms with Crippen LogP contribution in [0.15, 0.2) is 40.9 Å². The maximum absolute atomic E-state index is 13.0. The summed E-state index contributed by atoms with van der Waals surface area (Å²) in [5, 5.41) is 2.64. The summed E-state index contributed by atoms with van der Waals surface area (Å²) in [6, 6.07) is 8.48. The van der Waals surface area contributed by atoms with Crippen molar-refractivity contribution in [3.8, 4) is 5.75 Å². The van der Waals surface area contributed by atoms with Gasteiger partial charge in [-0.15, -0.1) is 0 Å². The van der Waals surface area contributed by atoms with Crippen LogP contribution >= 0.6 is 15.9 Å². The fourth-order valence-corrected chi connectivity index (χ4v) is 1.96. The first-order chi connectivity index (χ1) is 9.95. The highest BCUT2D eigenvalue weighted by Gasteiger charge is 2.07. The third kappa shape index (κ3) is 4.26. The molecule has 0 unspecified atom stereocenters. The third-order valence-corrected chi connectivity index (χ3v) is 3.57. The van der Waals surface area contributed by atoms with Gasteiger partial charge in [0.15, 0.2) is 18.2 Å². The molecular weight excluding hydrogens is 344 g/mol. The molecule has 1 amide bonds. The van der Waals surface area contributed by atoms with Gasteiger partial charge in [-0.3, -0.25) is 4.79 Å². The Kier molecular flexibility index (Phi) is 4.90. The van der Waals surface area contributed by atoms with Crippen molar-refractivity contribution in [3.05, 3.63) is 58.1 Å². The van der Waals surface area contributed by atoms with Gasteiger partial charge in [-0.2, -0.15) is 0 Å². The lowest BCUT2D eigenvalue weighted by Gasteiger charge is -2.09. The highest BCUT2D eigenvalue weighted by molar-refractivity contribution is 9.10. The molecule has 0 aliphatic heterocycles. The Morgan fingerprint density at radius 1 is 1.19 bits per heavy atom. The maximum atomic E-state index is 13.0. The highest BCUT2D eigenvalue weighted by Crippen LogP contribution is 2.20. The van der Waals surface area contributed by atoms with Gasteiger partial charge in [-0.25, -0.2) is 8.78 Å². The largest absolute Gasteiger partial charge is 0.484 e. The molecule has 0 radical (unpaired) electrons. The van der Waals surface area contributed by atoms with Gasteiger partial charge in [0.2, 0.25) is 0 Å². The number of ether oxygens (including phenoxy) is 1. The van der Waals surface area contributed by atoms with E-state index in [0.717, 1.165) is 22.2 Å². The first kappa shape index (κ1) is 15.4. The van der Waals surface area contributed by atoms with Crippen LogP contribution in [0.25, 0.3) is 0 Å². The SMILES string of the molecule is Cc1ccc(NC(=O)COc2ccc(F)c(F)c2)cc1Br. The molecule has 0 saturated heterocycles. The van der Waals surface area contributed by atoms with E-state index in [1.807, 2.05) is 13.0 Å². The summed E-state index contributed by atoms with van der Waals surface area (Å²) < 4.78 is 31.7. The van der Waals surface area contributed by atoms with Crippen LogP contribution in [0.2, 0.25) is 0 Å². The van der Waals surface area contributed by atoms with E-state index >= 15 is 0 Å². The second kappa shape index (κ2) is 6.67. The van der Waals surface area contributed by atoms with Crippen LogP contribution in [0.1, 0.15) is 5.56 Å². The molecule has 0 fully saturated rings. The van der Waals surface area contributed by atoms with Crippen molar-refractivity contribution >= 4 is 27.5 Å². The molecule has 2 aromatic carbocycles. The first-order valence-electron chi connectivity index (χ1n) is 6.09. The lowest BCUT2D eigenvalue weighted by Crippen LogP contribution is -2.20. The minimum atomic E-state index is -1.02. The molecule has 0 heterocycles. The lowest BCUT2D eigenvalue weighted by molar-refractivity contribution is -0.118. The summed E-state index contributed by atoms with van der Waals surface area (Å²) in [5.41, 5.74) is 1.66. The van der Waals surface area contributed by atoms with E-state index in [4.69, 9.17) is 4.74 Å². The average molecular weight is 356 g/mol. The van der Waals surface area contributed by atoms with E-state index in [2.05, 4.69) is 21.2 Å². The molecule has 0 bridgehead atoms. The zero-order valence-corrected chi connectivity index (χ0v) is 12.7. The molecule has 2 aromatic rings. The number of carbonyl (C=O) groups is 1. The molecule has 0 aromatic heterocycles. The van der Waals surface area contributed by atoms with Gasteiger partial charge in [-0.05, 0) is 36.8 Å². The number of aryl methyl sites for hydroxylation is 1. The highest BCUT2D eigenvalue weighted by atomic mass is 79.9. The number of carbonyl (C=O) groups excluding carboxylic acids is 1. The predicted octanol–water partition coefficient (Wildman–Crippen LogP) is 4.05. The van der Waals surface area contributed by atoms with Gasteiger partial charge in [0.05, 0.1) is 0 Å². The summed E-state index contributed by atoms with van der Waals surface area (Å²) in [6.45, 7) is 1.64. The molecule has 3 nitrogen and oxygen atoms in total. The second-order valence-electron chi connectivity index (χ2n) is 4.38. The summed E-state index contributed by atoms with van der Waals surface area (Å²) in [5.74, 6) is -2.28. The molecule has 1 N–H and O–H groups in total. The quantitative estimate of drug-likeness (QED) is 0.898. The Morgan fingerprint density at radius 2 is 1.95 bits per heavy atom. The Hall–Kier alpha value is -1.95. The van der Waals surface area contributed by atoms with Crippen molar-refractivity contribution in [2.75, 3.05) is 11.9 Å². The predicted molar refractivity (Wildman–Crippen MR) is 79.4 cm³/mol. The number of hydrogen-bond acceptors (Lipinski definition) is 2. The average Bonchev–Trinajstić information content (AvgIpc) is 2.44. The maximum Gasteiger partial charge on any atom is 0.262 e. The first-order valence-corrected chi connectivity index (χ1v) is 6.89. The second-order valence-corrected chi connectivity index (χ2v) is 5.23. The lowest BCUT2D eigenvalue weighted by atomic mass is 10.2. The number of benzene rings is 2. The van der Waals surface area contributed by atoms with E-state index in [9.17, 15) is 13.6 Å². The Bertz CT molecular complexity index is 677. The zero-order chi connectivity index (χ0) is 15.4. The minimum absolute atomic E-state index is 0.0918. The van der Waals surface area contributed by atoms with Crippen LogP contribution in [0, 0.1) is 18.6 Å². The molecular formula is C15H12BrF2NO2. The monoisotopic (exact) mass is 355 g/mol. The smallest absolute Gasteiger partial charge is 0.262 e. The van der Waals surface area contributed by atoms with Crippen molar-refractivity contribution in [1.82, 2.24) is 0 Å². The van der Waals surface area contributed by atoms with E-state index in [1.165, 1.54) is 6.07 Å². The van der Waals surface area contributed by atoms with Crippen molar-refractivity contribution in [3.63, 3.8) is 0 Å². The van der Waals surface area contributed by atoms with Gasteiger partial charge in [0.1, 0.15) is 5.75 Å². The zero-order valence-electron chi connectivity index (χ0n) is 11.1. The third-order valence-electron chi connectivity index (χ3n) is 2.72. The number of rotatable bonds is 4. The van der Waals surface area contributed by atoms with Gasteiger partial charge in [-0.1, -0.05) is 22.0 Å². The molecule has 0 aliphatic rings. The molecule has 0 saturated carbocycles. The van der Waals surface area contributed by atoms with Crippen LogP contribution in [0.4, 0.5) is 14.5 Å². The molecule has 2 rings (SSSR count). The fraction of sp³-hybridized carbons (Fsp3) is 0.133. The normalized spacial score (nSPS) is 10.3. The van der Waals surface area contributed by atoms with Crippen molar-refractivity contribution in [2.24, 2.45) is 0 Å². The Labute approximate surface area is 129 Å². The topological polar surface area (TPSA) is 38.3 Å². The van der Waals surface area contributed by atoms with Crippen LogP contribution in [-0.2, 0) is 4.79 Å². The Morgan fingerprint density at radius 3 is 2.62 bits per heavy atom. The number of nitrogens with one attached hydrogen (secondary N) is 1. The standard InChI is InChI=1S/C15H12BrF2NO2/c1-9-2-3-10(6-12(9)16)19-15(20)8-21-11-4-5-13(17)14(18)7-11/h2-7H,8H2,1H3,(H,19,20). The summed E-state index contributed by atoms with van der Waals surface area (Å²) in [6.07, 6.45) is 0. The Balaban J connectivity index is 1.92. The molecule has 6 heteroatoms. The van der Waals surface area contributed by atoms with E-state index in [1.54, 1.807) is 12.1 Å². The van der Waals surface area contributed by atoms with Crippen LogP contribution < -0.4 is 10.1 Å². The van der Waals surface area contributed by atoms with Gasteiger partial charge in [0.25, 0.3) is 5.91 Å². The number of amides is 1. The minimum Gasteiger partial charge on any atom is -0.484 e. The van der Waals surface area contributed by atoms with Gasteiger partial charge >= 0.3 is 0 Å². The van der Waals surface area contributed by atoms with Crippen molar-refractivity contribution in [1.29, 1.82) is 0 Å². The van der Waals surface area contributed by atoms with Crippen LogP contribution in [0.5, 0.6) is 5.75 Å². The van der Waals surface area contributed by atoms with E-state index in [0.29, 0.717) is 5.69 Å². The summed E-state index contributed by atoms with van der Waals surface area (Å²) in [7, 11) is 0. The summed E-state index contributed by atoms with van der Waals surface area (Å²) in [4.78, 5) is 11.7. The van der Waals surface area contributed by atoms with E-state index < -0.39 is 17.5 Å². The van der Waals surface area contributed by atoms with E-state index in [-0.39, 0.29) is 12.4 Å². The number of anilines is 1. The summed E-state index contributed by atoms with van der Waals surface area (Å²) >= 11 is 3.37.